The molecule has 3 rings (SSSR count). The Morgan fingerprint density at radius 1 is 1.25 bits per heavy atom. The molecule has 1 aromatic heterocycles. The smallest absolute Gasteiger partial charge is 0.251 e. The highest BCUT2D eigenvalue weighted by molar-refractivity contribution is 7.11. The van der Waals surface area contributed by atoms with Gasteiger partial charge in [0.1, 0.15) is 10.0 Å². The summed E-state index contributed by atoms with van der Waals surface area (Å²) < 4.78 is 0. The molecular formula is C19H25N3OS. The summed E-state index contributed by atoms with van der Waals surface area (Å²) in [4.78, 5) is 12.3. The number of carbonyl (C=O) groups is 1. The standard InChI is InChI=1S/C19H25N3OS/c1-4-19(10-11-19)15-7-5-14(6-8-15)17(23)20-12-9-16-21-22-18(24-16)13(2)3/h5-8,13H,4,9-12H2,1-3H3,(H,20,23). The van der Waals surface area contributed by atoms with Crippen LogP contribution in [0.4, 0.5) is 0 Å². The molecule has 1 amide bonds. The number of aromatic nitrogens is 2. The maximum atomic E-state index is 12.3. The molecule has 4 nitrogen and oxygen atoms in total. The highest BCUT2D eigenvalue weighted by Crippen LogP contribution is 2.50. The third-order valence-corrected chi connectivity index (χ3v) is 6.17. The maximum Gasteiger partial charge on any atom is 0.251 e. The van der Waals surface area contributed by atoms with E-state index in [0.29, 0.717) is 17.9 Å². The number of hydrogen-bond acceptors (Lipinski definition) is 4. The van der Waals surface area contributed by atoms with E-state index in [1.54, 1.807) is 11.3 Å². The quantitative estimate of drug-likeness (QED) is 0.824. The first kappa shape index (κ1) is 17.1. The molecule has 1 N–H and O–H groups in total. The summed E-state index contributed by atoms with van der Waals surface area (Å²) in [5, 5.41) is 13.4. The lowest BCUT2D eigenvalue weighted by molar-refractivity contribution is 0.0954. The van der Waals surface area contributed by atoms with Gasteiger partial charge in [-0.3, -0.25) is 4.79 Å². The van der Waals surface area contributed by atoms with Gasteiger partial charge in [0, 0.05) is 24.4 Å². The van der Waals surface area contributed by atoms with Crippen LogP contribution in [0.5, 0.6) is 0 Å². The third-order valence-electron chi connectivity index (χ3n) is 4.89. The average molecular weight is 343 g/mol. The number of nitrogens with one attached hydrogen (secondary N) is 1. The van der Waals surface area contributed by atoms with Gasteiger partial charge in [0.15, 0.2) is 0 Å². The van der Waals surface area contributed by atoms with E-state index in [1.165, 1.54) is 24.8 Å². The number of benzene rings is 1. The fourth-order valence-electron chi connectivity index (χ4n) is 2.96. The fourth-order valence-corrected chi connectivity index (χ4v) is 3.80. The molecule has 24 heavy (non-hydrogen) atoms. The lowest BCUT2D eigenvalue weighted by Gasteiger charge is -2.13. The third kappa shape index (κ3) is 3.66. The molecule has 0 saturated heterocycles. The number of carbonyl (C=O) groups excluding carboxylic acids is 1. The second-order valence-corrected chi connectivity index (χ2v) is 8.00. The Morgan fingerprint density at radius 3 is 2.50 bits per heavy atom. The molecule has 0 bridgehead atoms. The van der Waals surface area contributed by atoms with Gasteiger partial charge < -0.3 is 5.32 Å². The van der Waals surface area contributed by atoms with Crippen molar-refractivity contribution in [2.24, 2.45) is 0 Å². The Bertz CT molecular complexity index is 702. The van der Waals surface area contributed by atoms with Crippen molar-refractivity contribution in [1.82, 2.24) is 15.5 Å². The van der Waals surface area contributed by atoms with Crippen molar-refractivity contribution in [3.05, 3.63) is 45.4 Å². The zero-order valence-corrected chi connectivity index (χ0v) is 15.4. The SMILES string of the molecule is CCC1(c2ccc(C(=O)NCCc3nnc(C(C)C)s3)cc2)CC1. The molecule has 0 aliphatic heterocycles. The highest BCUT2D eigenvalue weighted by atomic mass is 32.1. The van der Waals surface area contributed by atoms with Gasteiger partial charge in [-0.05, 0) is 42.4 Å². The van der Waals surface area contributed by atoms with Crippen LogP contribution in [-0.2, 0) is 11.8 Å². The number of rotatable bonds is 7. The Morgan fingerprint density at radius 2 is 1.96 bits per heavy atom. The molecule has 0 radical (unpaired) electrons. The largest absolute Gasteiger partial charge is 0.352 e. The molecule has 1 aliphatic rings. The monoisotopic (exact) mass is 343 g/mol. The Balaban J connectivity index is 1.51. The van der Waals surface area contributed by atoms with Crippen LogP contribution in [0.3, 0.4) is 0 Å². The summed E-state index contributed by atoms with van der Waals surface area (Å²) in [5.74, 6) is 0.388. The molecule has 128 valence electrons. The van der Waals surface area contributed by atoms with E-state index in [1.807, 2.05) is 12.1 Å². The number of nitrogens with zero attached hydrogens (tertiary/aromatic N) is 2. The van der Waals surface area contributed by atoms with Gasteiger partial charge in [0.05, 0.1) is 0 Å². The van der Waals surface area contributed by atoms with Crippen LogP contribution in [0.25, 0.3) is 0 Å². The van der Waals surface area contributed by atoms with E-state index in [4.69, 9.17) is 0 Å². The van der Waals surface area contributed by atoms with Crippen LogP contribution >= 0.6 is 11.3 Å². The Kier molecular flexibility index (Phi) is 4.99. The fraction of sp³-hybridized carbons (Fsp3) is 0.526. The summed E-state index contributed by atoms with van der Waals surface area (Å²) in [5.41, 5.74) is 2.49. The van der Waals surface area contributed by atoms with Crippen molar-refractivity contribution in [1.29, 1.82) is 0 Å². The summed E-state index contributed by atoms with van der Waals surface area (Å²) in [6, 6.07) is 8.13. The van der Waals surface area contributed by atoms with Gasteiger partial charge in [0.2, 0.25) is 0 Å². The van der Waals surface area contributed by atoms with Crippen molar-refractivity contribution < 1.29 is 4.79 Å². The molecule has 1 aliphatic carbocycles. The molecular weight excluding hydrogens is 318 g/mol. The van der Waals surface area contributed by atoms with Crippen LogP contribution in [0.2, 0.25) is 0 Å². The van der Waals surface area contributed by atoms with Crippen LogP contribution in [0.15, 0.2) is 24.3 Å². The minimum Gasteiger partial charge on any atom is -0.352 e. The minimum atomic E-state index is -0.0171. The molecule has 1 saturated carbocycles. The van der Waals surface area contributed by atoms with E-state index in [2.05, 4.69) is 48.4 Å². The summed E-state index contributed by atoms with van der Waals surface area (Å²) in [6.07, 6.45) is 4.45. The lowest BCUT2D eigenvalue weighted by atomic mass is 9.92. The summed E-state index contributed by atoms with van der Waals surface area (Å²) >= 11 is 1.63. The van der Waals surface area contributed by atoms with Gasteiger partial charge in [-0.1, -0.05) is 32.9 Å². The molecule has 0 atom stereocenters. The second kappa shape index (κ2) is 7.01. The van der Waals surface area contributed by atoms with Crippen molar-refractivity contribution in [2.45, 2.75) is 57.8 Å². The first-order valence-corrected chi connectivity index (χ1v) is 9.57. The van der Waals surface area contributed by atoms with Gasteiger partial charge in [-0.15, -0.1) is 21.5 Å². The van der Waals surface area contributed by atoms with Crippen LogP contribution in [-0.4, -0.2) is 22.6 Å². The number of amides is 1. The molecule has 2 aromatic rings. The topological polar surface area (TPSA) is 54.9 Å². The Hall–Kier alpha value is -1.75. The first-order chi connectivity index (χ1) is 11.5. The summed E-state index contributed by atoms with van der Waals surface area (Å²) in [6.45, 7) is 7.05. The second-order valence-electron chi connectivity index (χ2n) is 6.91. The van der Waals surface area contributed by atoms with Crippen molar-refractivity contribution in [3.8, 4) is 0 Å². The van der Waals surface area contributed by atoms with Crippen LogP contribution in [0.1, 0.15) is 71.9 Å². The molecule has 1 aromatic carbocycles. The highest BCUT2D eigenvalue weighted by Gasteiger charge is 2.42. The van der Waals surface area contributed by atoms with Crippen molar-refractivity contribution >= 4 is 17.2 Å². The molecule has 5 heteroatoms. The molecule has 1 fully saturated rings. The predicted molar refractivity (Wildman–Crippen MR) is 97.7 cm³/mol. The van der Waals surface area contributed by atoms with Gasteiger partial charge in [-0.2, -0.15) is 0 Å². The molecule has 0 unspecified atom stereocenters. The van der Waals surface area contributed by atoms with Gasteiger partial charge >= 0.3 is 0 Å². The normalized spacial score (nSPS) is 15.5. The maximum absolute atomic E-state index is 12.3. The van der Waals surface area contributed by atoms with Crippen molar-refractivity contribution in [2.75, 3.05) is 6.54 Å². The van der Waals surface area contributed by atoms with Crippen LogP contribution < -0.4 is 5.32 Å². The van der Waals surface area contributed by atoms with Crippen molar-refractivity contribution in [3.63, 3.8) is 0 Å². The van der Waals surface area contributed by atoms with Gasteiger partial charge in [0.25, 0.3) is 5.91 Å². The average Bonchev–Trinajstić information content (AvgIpc) is 3.25. The first-order valence-electron chi connectivity index (χ1n) is 8.75. The zero-order chi connectivity index (χ0) is 17.2. The lowest BCUT2D eigenvalue weighted by Crippen LogP contribution is -2.25. The van der Waals surface area contributed by atoms with E-state index in [0.717, 1.165) is 22.0 Å². The van der Waals surface area contributed by atoms with E-state index < -0.39 is 0 Å². The van der Waals surface area contributed by atoms with E-state index in [9.17, 15) is 4.79 Å². The van der Waals surface area contributed by atoms with Crippen LogP contribution in [0, 0.1) is 0 Å². The van der Waals surface area contributed by atoms with E-state index >= 15 is 0 Å². The number of hydrogen-bond donors (Lipinski definition) is 1. The molecule has 0 spiro atoms. The Labute approximate surface area is 147 Å². The zero-order valence-electron chi connectivity index (χ0n) is 14.6. The summed E-state index contributed by atoms with van der Waals surface area (Å²) in [7, 11) is 0. The minimum absolute atomic E-state index is 0.0171. The molecule has 1 heterocycles. The van der Waals surface area contributed by atoms with E-state index in [-0.39, 0.29) is 5.91 Å². The van der Waals surface area contributed by atoms with Gasteiger partial charge in [-0.25, -0.2) is 0 Å². The predicted octanol–water partition coefficient (Wildman–Crippen LogP) is 4.08.